The number of hydrogen-bond donors (Lipinski definition) is 1. The van der Waals surface area contributed by atoms with Gasteiger partial charge in [0, 0.05) is 25.7 Å². The predicted molar refractivity (Wildman–Crippen MR) is 116 cm³/mol. The van der Waals surface area contributed by atoms with E-state index in [9.17, 15) is 13.2 Å². The number of nitrogens with one attached hydrogen (secondary N) is 1. The summed E-state index contributed by atoms with van der Waals surface area (Å²) in [5, 5.41) is 2.94. The van der Waals surface area contributed by atoms with E-state index >= 15 is 0 Å². The van der Waals surface area contributed by atoms with E-state index in [1.54, 1.807) is 48.5 Å². The number of sulfonamides is 1. The molecule has 1 aliphatic heterocycles. The van der Waals surface area contributed by atoms with Crippen molar-refractivity contribution in [2.75, 3.05) is 37.5 Å². The van der Waals surface area contributed by atoms with Gasteiger partial charge >= 0.3 is 0 Å². The molecular formula is C22H29N3O3S. The number of nitrogens with zero attached hydrogens (tertiary/aromatic N) is 2. The Labute approximate surface area is 173 Å². The van der Waals surface area contributed by atoms with Gasteiger partial charge in [-0.25, -0.2) is 8.42 Å². The Hall–Kier alpha value is -2.38. The van der Waals surface area contributed by atoms with Gasteiger partial charge in [0.2, 0.25) is 0 Å². The smallest absolute Gasteiger partial charge is 0.264 e. The fourth-order valence-corrected chi connectivity index (χ4v) is 4.64. The third kappa shape index (κ3) is 5.36. The van der Waals surface area contributed by atoms with Gasteiger partial charge in [0.25, 0.3) is 15.9 Å². The Kier molecular flexibility index (Phi) is 6.92. The average Bonchev–Trinajstić information content (AvgIpc) is 2.74. The predicted octanol–water partition coefficient (Wildman–Crippen LogP) is 3.04. The molecule has 1 amide bonds. The molecule has 1 heterocycles. The van der Waals surface area contributed by atoms with Gasteiger partial charge in [0.1, 0.15) is 0 Å². The summed E-state index contributed by atoms with van der Waals surface area (Å²) in [4.78, 5) is 15.0. The van der Waals surface area contributed by atoms with E-state index in [1.807, 2.05) is 6.92 Å². The highest BCUT2D eigenvalue weighted by Gasteiger charge is 2.21. The number of amides is 1. The Balaban J connectivity index is 1.59. The topological polar surface area (TPSA) is 69.7 Å². The van der Waals surface area contributed by atoms with Crippen molar-refractivity contribution in [3.8, 4) is 0 Å². The van der Waals surface area contributed by atoms with Gasteiger partial charge in [0.05, 0.1) is 10.6 Å². The van der Waals surface area contributed by atoms with Crippen LogP contribution in [0.3, 0.4) is 0 Å². The first-order chi connectivity index (χ1) is 13.9. The molecule has 1 N–H and O–H groups in total. The second-order valence-electron chi connectivity index (χ2n) is 7.49. The van der Waals surface area contributed by atoms with Gasteiger partial charge in [-0.05, 0) is 69.3 Å². The molecule has 2 aromatic carbocycles. The minimum Gasteiger partial charge on any atom is -0.351 e. The monoisotopic (exact) mass is 415 g/mol. The molecule has 7 heteroatoms. The van der Waals surface area contributed by atoms with Crippen molar-refractivity contribution in [3.05, 3.63) is 59.7 Å². The maximum absolute atomic E-state index is 12.8. The number of rotatable bonds is 7. The highest BCUT2D eigenvalue weighted by molar-refractivity contribution is 7.92. The van der Waals surface area contributed by atoms with Crippen LogP contribution in [0.5, 0.6) is 0 Å². The van der Waals surface area contributed by atoms with Crippen molar-refractivity contribution in [2.45, 2.75) is 31.1 Å². The van der Waals surface area contributed by atoms with Crippen molar-refractivity contribution in [3.63, 3.8) is 0 Å². The lowest BCUT2D eigenvalue weighted by atomic mass is 10.1. The molecule has 0 radical (unpaired) electrons. The highest BCUT2D eigenvalue weighted by Crippen LogP contribution is 2.22. The maximum Gasteiger partial charge on any atom is 0.264 e. The number of hydrogen-bond acceptors (Lipinski definition) is 4. The number of piperidine rings is 1. The van der Waals surface area contributed by atoms with E-state index in [2.05, 4.69) is 10.2 Å². The van der Waals surface area contributed by atoms with Crippen LogP contribution >= 0.6 is 0 Å². The lowest BCUT2D eigenvalue weighted by Gasteiger charge is -2.26. The molecule has 1 saturated heterocycles. The van der Waals surface area contributed by atoms with Crippen molar-refractivity contribution in [1.29, 1.82) is 0 Å². The maximum atomic E-state index is 12.8. The van der Waals surface area contributed by atoms with Crippen molar-refractivity contribution in [2.24, 2.45) is 0 Å². The van der Waals surface area contributed by atoms with Gasteiger partial charge in [-0.1, -0.05) is 24.1 Å². The Morgan fingerprint density at radius 3 is 2.24 bits per heavy atom. The number of carbonyl (C=O) groups excluding carboxylic acids is 1. The molecule has 0 bridgehead atoms. The molecule has 2 aromatic rings. The molecule has 29 heavy (non-hydrogen) atoms. The van der Waals surface area contributed by atoms with E-state index < -0.39 is 10.0 Å². The third-order valence-electron chi connectivity index (χ3n) is 5.33. The van der Waals surface area contributed by atoms with Gasteiger partial charge in [-0.2, -0.15) is 0 Å². The molecule has 0 aliphatic carbocycles. The minimum atomic E-state index is -3.64. The van der Waals surface area contributed by atoms with Gasteiger partial charge < -0.3 is 10.2 Å². The summed E-state index contributed by atoms with van der Waals surface area (Å²) in [5.41, 5.74) is 2.03. The van der Waals surface area contributed by atoms with E-state index in [1.165, 1.54) is 30.6 Å². The fraction of sp³-hybridized carbons (Fsp3) is 0.409. The molecule has 0 aromatic heterocycles. The first-order valence-electron chi connectivity index (χ1n) is 10.0. The third-order valence-corrected chi connectivity index (χ3v) is 7.13. The normalized spacial score (nSPS) is 15.1. The first-order valence-corrected chi connectivity index (χ1v) is 11.5. The molecule has 0 saturated carbocycles. The fourth-order valence-electron chi connectivity index (χ4n) is 3.44. The highest BCUT2D eigenvalue weighted by atomic mass is 32.2. The summed E-state index contributed by atoms with van der Waals surface area (Å²) in [5.74, 6) is -0.141. The lowest BCUT2D eigenvalue weighted by molar-refractivity contribution is 0.0946. The molecule has 3 rings (SSSR count). The van der Waals surface area contributed by atoms with Crippen LogP contribution in [0.4, 0.5) is 5.69 Å². The van der Waals surface area contributed by atoms with E-state index in [0.29, 0.717) is 17.8 Å². The number of aryl methyl sites for hydroxylation is 1. The molecule has 1 fully saturated rings. The van der Waals surface area contributed by atoms with Gasteiger partial charge in [-0.3, -0.25) is 9.10 Å². The van der Waals surface area contributed by atoms with Crippen LogP contribution in [0.2, 0.25) is 0 Å². The Bertz CT molecular complexity index is 919. The largest absolute Gasteiger partial charge is 0.351 e. The zero-order valence-electron chi connectivity index (χ0n) is 17.1. The summed E-state index contributed by atoms with van der Waals surface area (Å²) >= 11 is 0. The average molecular weight is 416 g/mol. The van der Waals surface area contributed by atoms with Crippen molar-refractivity contribution in [1.82, 2.24) is 10.2 Å². The second kappa shape index (κ2) is 9.41. The van der Waals surface area contributed by atoms with Gasteiger partial charge in [-0.15, -0.1) is 0 Å². The summed E-state index contributed by atoms with van der Waals surface area (Å²) < 4.78 is 26.8. The molecule has 6 nitrogen and oxygen atoms in total. The number of benzene rings is 2. The van der Waals surface area contributed by atoms with E-state index in [4.69, 9.17) is 0 Å². The zero-order valence-corrected chi connectivity index (χ0v) is 17.9. The standard InChI is InChI=1S/C22H29N3O3S/c1-18-6-12-21(13-7-18)29(27,28)24(2)20-10-8-19(9-11-20)22(26)23-14-17-25-15-4-3-5-16-25/h6-13H,3-5,14-17H2,1-2H3,(H,23,26). The summed E-state index contributed by atoms with van der Waals surface area (Å²) in [7, 11) is -2.12. The van der Waals surface area contributed by atoms with Crippen LogP contribution in [0.1, 0.15) is 35.2 Å². The molecule has 0 spiro atoms. The zero-order chi connectivity index (χ0) is 20.9. The van der Waals surface area contributed by atoms with E-state index in [0.717, 1.165) is 25.2 Å². The van der Waals surface area contributed by atoms with Crippen LogP contribution in [0.25, 0.3) is 0 Å². The van der Waals surface area contributed by atoms with Crippen LogP contribution in [0.15, 0.2) is 53.4 Å². The quantitative estimate of drug-likeness (QED) is 0.755. The number of anilines is 1. The number of carbonyl (C=O) groups is 1. The minimum absolute atomic E-state index is 0.141. The van der Waals surface area contributed by atoms with Gasteiger partial charge in [0.15, 0.2) is 0 Å². The Morgan fingerprint density at radius 1 is 1.00 bits per heavy atom. The molecule has 156 valence electrons. The van der Waals surface area contributed by atoms with Crippen molar-refractivity contribution < 1.29 is 13.2 Å². The molecule has 0 unspecified atom stereocenters. The molecular weight excluding hydrogens is 386 g/mol. The summed E-state index contributed by atoms with van der Waals surface area (Å²) in [6.45, 7) is 5.60. The van der Waals surface area contributed by atoms with Crippen LogP contribution < -0.4 is 9.62 Å². The first kappa shape index (κ1) is 21.3. The number of likely N-dealkylation sites (tertiary alicyclic amines) is 1. The Morgan fingerprint density at radius 2 is 1.62 bits per heavy atom. The molecule has 0 atom stereocenters. The lowest BCUT2D eigenvalue weighted by Crippen LogP contribution is -2.37. The SMILES string of the molecule is Cc1ccc(S(=O)(=O)N(C)c2ccc(C(=O)NCCN3CCCCC3)cc2)cc1. The van der Waals surface area contributed by atoms with E-state index in [-0.39, 0.29) is 10.8 Å². The van der Waals surface area contributed by atoms with Crippen molar-refractivity contribution >= 4 is 21.6 Å². The van der Waals surface area contributed by atoms with Crippen LogP contribution in [-0.2, 0) is 10.0 Å². The van der Waals surface area contributed by atoms with Crippen LogP contribution in [0, 0.1) is 6.92 Å². The molecule has 1 aliphatic rings. The summed E-state index contributed by atoms with van der Waals surface area (Å²) in [6.07, 6.45) is 3.76. The van der Waals surface area contributed by atoms with Crippen LogP contribution in [-0.4, -0.2) is 52.5 Å². The summed E-state index contributed by atoms with van der Waals surface area (Å²) in [6, 6.07) is 13.4. The second-order valence-corrected chi connectivity index (χ2v) is 9.46.